The summed E-state index contributed by atoms with van der Waals surface area (Å²) in [5.74, 6) is 0.293. The highest BCUT2D eigenvalue weighted by atomic mass is 19.1. The Morgan fingerprint density at radius 1 is 1.00 bits per heavy atom. The summed E-state index contributed by atoms with van der Waals surface area (Å²) in [6.45, 7) is 2.72. The van der Waals surface area contributed by atoms with Crippen molar-refractivity contribution in [3.63, 3.8) is 0 Å². The lowest BCUT2D eigenvalue weighted by atomic mass is 10.1. The number of benzene rings is 2. The molecule has 0 saturated carbocycles. The van der Waals surface area contributed by atoms with Crippen LogP contribution in [0.4, 0.5) is 4.39 Å². The first-order valence-electron chi connectivity index (χ1n) is 9.38. The van der Waals surface area contributed by atoms with Gasteiger partial charge in [-0.2, -0.15) is 0 Å². The molecular formula is C22H27FN2O3. The Kier molecular flexibility index (Phi) is 8.46. The first-order chi connectivity index (χ1) is 13.5. The van der Waals surface area contributed by atoms with Crippen LogP contribution in [-0.4, -0.2) is 43.5 Å². The Balaban J connectivity index is 1.76. The van der Waals surface area contributed by atoms with Crippen LogP contribution in [-0.2, 0) is 22.4 Å². The first kappa shape index (κ1) is 21.4. The number of amides is 2. The van der Waals surface area contributed by atoms with Gasteiger partial charge in [0.05, 0.1) is 7.11 Å². The van der Waals surface area contributed by atoms with Gasteiger partial charge in [-0.05, 0) is 36.1 Å². The van der Waals surface area contributed by atoms with Gasteiger partial charge in [-0.1, -0.05) is 36.4 Å². The number of nitrogens with zero attached hydrogens (tertiary/aromatic N) is 1. The van der Waals surface area contributed by atoms with Crippen LogP contribution in [0.25, 0.3) is 0 Å². The van der Waals surface area contributed by atoms with Crippen molar-refractivity contribution < 1.29 is 18.7 Å². The molecule has 2 aromatic rings. The Hall–Kier alpha value is -2.89. The molecule has 150 valence electrons. The maximum Gasteiger partial charge on any atom is 0.221 e. The fourth-order valence-electron chi connectivity index (χ4n) is 2.95. The molecule has 0 fully saturated rings. The Morgan fingerprint density at radius 2 is 1.68 bits per heavy atom. The van der Waals surface area contributed by atoms with Crippen LogP contribution in [0.1, 0.15) is 24.5 Å². The topological polar surface area (TPSA) is 58.6 Å². The van der Waals surface area contributed by atoms with E-state index < -0.39 is 0 Å². The molecule has 0 atom stereocenters. The number of hydrogen-bond donors (Lipinski definition) is 1. The zero-order valence-corrected chi connectivity index (χ0v) is 16.4. The molecule has 0 aliphatic rings. The molecule has 5 nitrogen and oxygen atoms in total. The molecule has 0 unspecified atom stereocenters. The summed E-state index contributed by atoms with van der Waals surface area (Å²) in [5, 5.41) is 2.78. The zero-order chi connectivity index (χ0) is 20.4. The number of ether oxygens (including phenoxy) is 1. The van der Waals surface area contributed by atoms with Gasteiger partial charge in [-0.25, -0.2) is 4.39 Å². The van der Waals surface area contributed by atoms with Gasteiger partial charge in [0.15, 0.2) is 0 Å². The molecule has 2 aromatic carbocycles. The van der Waals surface area contributed by atoms with E-state index in [0.29, 0.717) is 38.0 Å². The molecule has 2 rings (SSSR count). The van der Waals surface area contributed by atoms with Gasteiger partial charge in [0.1, 0.15) is 11.6 Å². The van der Waals surface area contributed by atoms with Crippen LogP contribution in [0.15, 0.2) is 48.5 Å². The minimum atomic E-state index is -0.268. The number of methoxy groups -OCH3 is 1. The van der Waals surface area contributed by atoms with E-state index >= 15 is 0 Å². The van der Waals surface area contributed by atoms with Crippen molar-refractivity contribution in [3.8, 4) is 5.75 Å². The van der Waals surface area contributed by atoms with Crippen molar-refractivity contribution in [2.45, 2.75) is 26.2 Å². The SMILES string of the molecule is COc1ccccc1CCN(CCC(=O)NCCc1ccccc1F)C(C)=O. The molecule has 0 aliphatic carbocycles. The minimum absolute atomic E-state index is 0.0749. The quantitative estimate of drug-likeness (QED) is 0.683. The van der Waals surface area contributed by atoms with E-state index in [1.165, 1.54) is 13.0 Å². The maximum atomic E-state index is 13.6. The third-order valence-electron chi connectivity index (χ3n) is 4.57. The highest BCUT2D eigenvalue weighted by molar-refractivity contribution is 5.78. The summed E-state index contributed by atoms with van der Waals surface area (Å²) in [7, 11) is 1.62. The molecule has 0 bridgehead atoms. The van der Waals surface area contributed by atoms with Gasteiger partial charge in [0.25, 0.3) is 0 Å². The van der Waals surface area contributed by atoms with Crippen LogP contribution in [0.3, 0.4) is 0 Å². The molecule has 0 heterocycles. The first-order valence-corrected chi connectivity index (χ1v) is 9.38. The summed E-state index contributed by atoms with van der Waals surface area (Å²) in [5.41, 5.74) is 1.59. The summed E-state index contributed by atoms with van der Waals surface area (Å²) < 4.78 is 18.9. The van der Waals surface area contributed by atoms with Crippen molar-refractivity contribution in [3.05, 3.63) is 65.5 Å². The number of nitrogens with one attached hydrogen (secondary N) is 1. The lowest BCUT2D eigenvalue weighted by Crippen LogP contribution is -2.35. The van der Waals surface area contributed by atoms with Crippen molar-refractivity contribution in [2.75, 3.05) is 26.7 Å². The smallest absolute Gasteiger partial charge is 0.221 e. The predicted octanol–water partition coefficient (Wildman–Crippen LogP) is 2.97. The molecule has 6 heteroatoms. The number of carbonyl (C=O) groups is 2. The number of hydrogen-bond acceptors (Lipinski definition) is 3. The lowest BCUT2D eigenvalue weighted by Gasteiger charge is -2.21. The van der Waals surface area contributed by atoms with Gasteiger partial charge in [0.2, 0.25) is 11.8 Å². The third-order valence-corrected chi connectivity index (χ3v) is 4.57. The molecule has 0 aliphatic heterocycles. The predicted molar refractivity (Wildman–Crippen MR) is 107 cm³/mol. The highest BCUT2D eigenvalue weighted by Gasteiger charge is 2.12. The van der Waals surface area contributed by atoms with Crippen LogP contribution < -0.4 is 10.1 Å². The number of para-hydroxylation sites is 1. The normalized spacial score (nSPS) is 10.4. The number of halogens is 1. The van der Waals surface area contributed by atoms with Gasteiger partial charge < -0.3 is 15.0 Å². The second-order valence-corrected chi connectivity index (χ2v) is 6.51. The zero-order valence-electron chi connectivity index (χ0n) is 16.4. The molecule has 0 radical (unpaired) electrons. The minimum Gasteiger partial charge on any atom is -0.496 e. The van der Waals surface area contributed by atoms with Gasteiger partial charge in [-0.3, -0.25) is 9.59 Å². The van der Waals surface area contributed by atoms with Crippen LogP contribution >= 0.6 is 0 Å². The van der Waals surface area contributed by atoms with E-state index in [0.717, 1.165) is 11.3 Å². The van der Waals surface area contributed by atoms with E-state index in [1.54, 1.807) is 30.2 Å². The molecule has 0 spiro atoms. The Bertz CT molecular complexity index is 795. The molecular weight excluding hydrogens is 359 g/mol. The van der Waals surface area contributed by atoms with Gasteiger partial charge in [-0.15, -0.1) is 0 Å². The van der Waals surface area contributed by atoms with Crippen molar-refractivity contribution in [1.82, 2.24) is 10.2 Å². The van der Waals surface area contributed by atoms with Crippen molar-refractivity contribution in [2.24, 2.45) is 0 Å². The number of carbonyl (C=O) groups excluding carboxylic acids is 2. The largest absolute Gasteiger partial charge is 0.496 e. The van der Waals surface area contributed by atoms with E-state index in [-0.39, 0.29) is 24.1 Å². The standard InChI is InChI=1S/C22H27FN2O3/c1-17(26)25(15-12-19-8-4-6-10-21(19)28-2)16-13-22(27)24-14-11-18-7-3-5-9-20(18)23/h3-10H,11-16H2,1-2H3,(H,24,27). The second kappa shape index (κ2) is 11.1. The van der Waals surface area contributed by atoms with Gasteiger partial charge in [0, 0.05) is 33.0 Å². The summed E-state index contributed by atoms with van der Waals surface area (Å²) in [6, 6.07) is 14.2. The summed E-state index contributed by atoms with van der Waals surface area (Å²) >= 11 is 0. The maximum absolute atomic E-state index is 13.6. The molecule has 2 amide bonds. The second-order valence-electron chi connectivity index (χ2n) is 6.51. The Labute approximate surface area is 165 Å². The summed E-state index contributed by atoms with van der Waals surface area (Å²) in [4.78, 5) is 25.6. The third kappa shape index (κ3) is 6.68. The molecule has 0 saturated heterocycles. The number of rotatable bonds is 10. The molecule has 28 heavy (non-hydrogen) atoms. The highest BCUT2D eigenvalue weighted by Crippen LogP contribution is 2.18. The van der Waals surface area contributed by atoms with E-state index in [4.69, 9.17) is 4.74 Å². The van der Waals surface area contributed by atoms with E-state index in [9.17, 15) is 14.0 Å². The summed E-state index contributed by atoms with van der Waals surface area (Å²) in [6.07, 6.45) is 1.30. The van der Waals surface area contributed by atoms with Crippen molar-refractivity contribution >= 4 is 11.8 Å². The van der Waals surface area contributed by atoms with E-state index in [1.807, 2.05) is 24.3 Å². The van der Waals surface area contributed by atoms with E-state index in [2.05, 4.69) is 5.32 Å². The fourth-order valence-corrected chi connectivity index (χ4v) is 2.95. The monoisotopic (exact) mass is 386 g/mol. The lowest BCUT2D eigenvalue weighted by molar-refractivity contribution is -0.129. The average Bonchev–Trinajstić information content (AvgIpc) is 2.69. The van der Waals surface area contributed by atoms with Crippen molar-refractivity contribution in [1.29, 1.82) is 0 Å². The molecule has 1 N–H and O–H groups in total. The molecule has 0 aromatic heterocycles. The van der Waals surface area contributed by atoms with Crippen LogP contribution in [0.5, 0.6) is 5.75 Å². The van der Waals surface area contributed by atoms with Gasteiger partial charge >= 0.3 is 0 Å². The van der Waals surface area contributed by atoms with Crippen LogP contribution in [0.2, 0.25) is 0 Å². The fraction of sp³-hybridized carbons (Fsp3) is 0.364. The average molecular weight is 386 g/mol. The van der Waals surface area contributed by atoms with Crippen LogP contribution in [0, 0.1) is 5.82 Å². The Morgan fingerprint density at radius 3 is 2.36 bits per heavy atom.